The highest BCUT2D eigenvalue weighted by Crippen LogP contribution is 2.33. The fraction of sp³-hybridized carbons (Fsp3) is 0.833. The van der Waals surface area contributed by atoms with Crippen molar-refractivity contribution >= 4 is 12.0 Å². The van der Waals surface area contributed by atoms with Gasteiger partial charge in [0.1, 0.15) is 6.61 Å². The Hall–Kier alpha value is -1.06. The van der Waals surface area contributed by atoms with Crippen molar-refractivity contribution in [2.75, 3.05) is 6.61 Å². The minimum Gasteiger partial charge on any atom is -0.448 e. The lowest BCUT2D eigenvalue weighted by atomic mass is 9.77. The van der Waals surface area contributed by atoms with E-state index in [0.29, 0.717) is 0 Å². The molecule has 1 fully saturated rings. The third-order valence-corrected chi connectivity index (χ3v) is 3.19. The average Bonchev–Trinajstić information content (AvgIpc) is 2.27. The number of rotatable bonds is 6. The van der Waals surface area contributed by atoms with Crippen LogP contribution in [0.1, 0.15) is 52.4 Å². The van der Waals surface area contributed by atoms with Gasteiger partial charge in [0.25, 0.3) is 0 Å². The molecule has 4 heteroatoms. The van der Waals surface area contributed by atoms with Gasteiger partial charge in [-0.15, -0.1) is 0 Å². The van der Waals surface area contributed by atoms with Gasteiger partial charge >= 0.3 is 6.09 Å². The maximum absolute atomic E-state index is 11.9. The lowest BCUT2D eigenvalue weighted by Crippen LogP contribution is -2.52. The molecule has 0 unspecified atom stereocenters. The SMILES string of the molecule is CCCCC1(CCCC)COC(=O)NC1=O. The van der Waals surface area contributed by atoms with E-state index in [2.05, 4.69) is 19.2 Å². The first-order chi connectivity index (χ1) is 7.64. The minimum absolute atomic E-state index is 0.148. The normalized spacial score (nSPS) is 19.1. The molecule has 1 N–H and O–H groups in total. The fourth-order valence-electron chi connectivity index (χ4n) is 2.06. The van der Waals surface area contributed by atoms with E-state index in [1.54, 1.807) is 0 Å². The van der Waals surface area contributed by atoms with Crippen molar-refractivity contribution in [2.45, 2.75) is 52.4 Å². The van der Waals surface area contributed by atoms with Crippen LogP contribution in [0.2, 0.25) is 0 Å². The van der Waals surface area contributed by atoms with Crippen LogP contribution in [0.5, 0.6) is 0 Å². The van der Waals surface area contributed by atoms with Gasteiger partial charge in [0.05, 0.1) is 5.41 Å². The second kappa shape index (κ2) is 5.87. The molecule has 0 spiro atoms. The van der Waals surface area contributed by atoms with Crippen LogP contribution in [0.25, 0.3) is 0 Å². The van der Waals surface area contributed by atoms with Crippen LogP contribution in [0.4, 0.5) is 4.79 Å². The van der Waals surface area contributed by atoms with Crippen LogP contribution in [0.15, 0.2) is 0 Å². The number of carbonyl (C=O) groups excluding carboxylic acids is 2. The zero-order chi connectivity index (χ0) is 12.0. The molecule has 92 valence electrons. The number of alkyl carbamates (subject to hydrolysis) is 1. The van der Waals surface area contributed by atoms with Crippen molar-refractivity contribution in [2.24, 2.45) is 5.41 Å². The van der Waals surface area contributed by atoms with Crippen LogP contribution >= 0.6 is 0 Å². The third-order valence-electron chi connectivity index (χ3n) is 3.19. The van der Waals surface area contributed by atoms with Gasteiger partial charge in [-0.05, 0) is 12.8 Å². The monoisotopic (exact) mass is 227 g/mol. The summed E-state index contributed by atoms with van der Waals surface area (Å²) in [5.74, 6) is -0.148. The first kappa shape index (κ1) is 13.0. The smallest absolute Gasteiger partial charge is 0.413 e. The number of amides is 2. The quantitative estimate of drug-likeness (QED) is 0.758. The Balaban J connectivity index is 2.68. The van der Waals surface area contributed by atoms with E-state index < -0.39 is 11.5 Å². The van der Waals surface area contributed by atoms with Gasteiger partial charge in [0, 0.05) is 0 Å². The predicted molar refractivity (Wildman–Crippen MR) is 61.0 cm³/mol. The van der Waals surface area contributed by atoms with Crippen LogP contribution in [-0.2, 0) is 9.53 Å². The molecule has 0 atom stereocenters. The molecule has 0 aromatic rings. The second-order valence-corrected chi connectivity index (χ2v) is 4.52. The maximum atomic E-state index is 11.9. The molecule has 1 aliphatic rings. The molecule has 0 aromatic heterocycles. The first-order valence-corrected chi connectivity index (χ1v) is 6.13. The molecule has 0 radical (unpaired) electrons. The number of ether oxygens (including phenoxy) is 1. The molecule has 0 aliphatic carbocycles. The van der Waals surface area contributed by atoms with E-state index in [9.17, 15) is 9.59 Å². The maximum Gasteiger partial charge on any atom is 0.413 e. The molecule has 4 nitrogen and oxygen atoms in total. The number of unbranched alkanes of at least 4 members (excludes halogenated alkanes) is 2. The summed E-state index contributed by atoms with van der Waals surface area (Å²) in [6, 6.07) is 0. The van der Waals surface area contributed by atoms with Gasteiger partial charge in [-0.3, -0.25) is 10.1 Å². The average molecular weight is 227 g/mol. The molecule has 0 bridgehead atoms. The number of imide groups is 1. The largest absolute Gasteiger partial charge is 0.448 e. The van der Waals surface area contributed by atoms with E-state index in [1.165, 1.54) is 0 Å². The molecule has 0 saturated carbocycles. The lowest BCUT2D eigenvalue weighted by Gasteiger charge is -2.34. The Labute approximate surface area is 96.7 Å². The van der Waals surface area contributed by atoms with E-state index in [1.807, 2.05) is 0 Å². The zero-order valence-corrected chi connectivity index (χ0v) is 10.2. The van der Waals surface area contributed by atoms with Crippen LogP contribution in [0.3, 0.4) is 0 Å². The predicted octanol–water partition coefficient (Wildman–Crippen LogP) is 2.62. The van der Waals surface area contributed by atoms with E-state index in [-0.39, 0.29) is 12.5 Å². The first-order valence-electron chi connectivity index (χ1n) is 6.13. The van der Waals surface area contributed by atoms with Gasteiger partial charge in [0.15, 0.2) is 0 Å². The number of nitrogens with one attached hydrogen (secondary N) is 1. The van der Waals surface area contributed by atoms with Crippen LogP contribution < -0.4 is 5.32 Å². The number of hydrogen-bond donors (Lipinski definition) is 1. The Bertz CT molecular complexity index is 255. The second-order valence-electron chi connectivity index (χ2n) is 4.52. The summed E-state index contributed by atoms with van der Waals surface area (Å²) in [5.41, 5.74) is -0.472. The summed E-state index contributed by atoms with van der Waals surface area (Å²) in [6.07, 6.45) is 5.10. The van der Waals surface area contributed by atoms with Crippen molar-refractivity contribution in [3.05, 3.63) is 0 Å². The molecule has 1 rings (SSSR count). The van der Waals surface area contributed by atoms with E-state index in [0.717, 1.165) is 38.5 Å². The topological polar surface area (TPSA) is 55.4 Å². The lowest BCUT2D eigenvalue weighted by molar-refractivity contribution is -0.137. The highest BCUT2D eigenvalue weighted by Gasteiger charge is 2.42. The summed E-state index contributed by atoms with van der Waals surface area (Å²) >= 11 is 0. The Morgan fingerprint density at radius 2 is 1.75 bits per heavy atom. The van der Waals surface area contributed by atoms with Crippen molar-refractivity contribution in [3.63, 3.8) is 0 Å². The van der Waals surface area contributed by atoms with Crippen molar-refractivity contribution in [1.29, 1.82) is 0 Å². The Kier molecular flexibility index (Phi) is 4.77. The number of carbonyl (C=O) groups is 2. The minimum atomic E-state index is -0.603. The molecular formula is C12H21NO3. The summed E-state index contributed by atoms with van der Waals surface area (Å²) in [7, 11) is 0. The molecular weight excluding hydrogens is 206 g/mol. The highest BCUT2D eigenvalue weighted by molar-refractivity contribution is 5.97. The molecule has 16 heavy (non-hydrogen) atoms. The summed E-state index contributed by atoms with van der Waals surface area (Å²) in [5, 5.41) is 2.29. The zero-order valence-electron chi connectivity index (χ0n) is 10.2. The van der Waals surface area contributed by atoms with Crippen LogP contribution in [0, 0.1) is 5.41 Å². The Morgan fingerprint density at radius 3 is 2.19 bits per heavy atom. The summed E-state index contributed by atoms with van der Waals surface area (Å²) < 4.78 is 4.99. The van der Waals surface area contributed by atoms with Crippen molar-refractivity contribution in [1.82, 2.24) is 5.32 Å². The van der Waals surface area contributed by atoms with Gasteiger partial charge < -0.3 is 4.74 Å². The highest BCUT2D eigenvalue weighted by atomic mass is 16.6. The summed E-state index contributed by atoms with van der Waals surface area (Å²) in [6.45, 7) is 4.44. The molecule has 0 aromatic carbocycles. The van der Waals surface area contributed by atoms with Crippen LogP contribution in [-0.4, -0.2) is 18.6 Å². The van der Waals surface area contributed by atoms with Gasteiger partial charge in [-0.25, -0.2) is 4.79 Å². The molecule has 2 amide bonds. The van der Waals surface area contributed by atoms with Gasteiger partial charge in [-0.1, -0.05) is 39.5 Å². The van der Waals surface area contributed by atoms with Crippen molar-refractivity contribution < 1.29 is 14.3 Å². The fourth-order valence-corrected chi connectivity index (χ4v) is 2.06. The molecule has 1 saturated heterocycles. The van der Waals surface area contributed by atoms with Gasteiger partial charge in [0.2, 0.25) is 5.91 Å². The molecule has 1 aliphatic heterocycles. The summed E-state index contributed by atoms with van der Waals surface area (Å²) in [4.78, 5) is 22.9. The van der Waals surface area contributed by atoms with E-state index in [4.69, 9.17) is 4.74 Å². The standard InChI is InChI=1S/C12H21NO3/c1-3-5-7-12(8-6-4-2)9-16-11(15)13-10(12)14/h3-9H2,1-2H3,(H,13,14,15). The van der Waals surface area contributed by atoms with Gasteiger partial charge in [-0.2, -0.15) is 0 Å². The third kappa shape index (κ3) is 2.97. The number of cyclic esters (lactones) is 1. The Morgan fingerprint density at radius 1 is 1.19 bits per heavy atom. The number of hydrogen-bond acceptors (Lipinski definition) is 3. The van der Waals surface area contributed by atoms with E-state index >= 15 is 0 Å². The van der Waals surface area contributed by atoms with Crippen molar-refractivity contribution in [3.8, 4) is 0 Å². The molecule has 1 heterocycles.